The van der Waals surface area contributed by atoms with Gasteiger partial charge in [0.2, 0.25) is 10.0 Å². The van der Waals surface area contributed by atoms with E-state index < -0.39 is 21.8 Å². The number of ether oxygens (including phenoxy) is 1. The second-order valence-electron chi connectivity index (χ2n) is 8.25. The maximum absolute atomic E-state index is 12.8. The molecule has 3 rings (SSSR count). The van der Waals surface area contributed by atoms with Crippen molar-refractivity contribution in [1.29, 1.82) is 0 Å². The predicted octanol–water partition coefficient (Wildman–Crippen LogP) is 4.14. The average molecular weight is 449 g/mol. The number of rotatable bonds is 8. The molecule has 170 valence electrons. The summed E-state index contributed by atoms with van der Waals surface area (Å²) in [6, 6.07) is 3.52. The van der Waals surface area contributed by atoms with Gasteiger partial charge in [-0.2, -0.15) is 17.5 Å². The maximum Gasteiger partial charge on any atom is 0.416 e. The lowest BCUT2D eigenvalue weighted by Gasteiger charge is -2.34. The van der Waals surface area contributed by atoms with Crippen molar-refractivity contribution in [3.05, 3.63) is 29.8 Å². The normalized spacial score (nSPS) is 23.9. The number of hydrogen-bond donors (Lipinski definition) is 0. The van der Waals surface area contributed by atoms with Crippen LogP contribution in [0.1, 0.15) is 50.5 Å². The Hall–Kier alpha value is -1.16. The Morgan fingerprint density at radius 3 is 2.23 bits per heavy atom. The highest BCUT2D eigenvalue weighted by molar-refractivity contribution is 7.89. The summed E-state index contributed by atoms with van der Waals surface area (Å²) in [5, 5.41) is 0. The van der Waals surface area contributed by atoms with E-state index in [1.807, 2.05) is 0 Å². The Bertz CT molecular complexity index is 770. The highest BCUT2D eigenvalue weighted by Gasteiger charge is 2.34. The van der Waals surface area contributed by atoms with E-state index in [0.717, 1.165) is 56.7 Å². The lowest BCUT2D eigenvalue weighted by atomic mass is 9.93. The molecule has 1 aliphatic heterocycles. The zero-order chi connectivity index (χ0) is 21.8. The molecule has 0 spiro atoms. The molecule has 0 N–H and O–H groups in total. The zero-order valence-corrected chi connectivity index (χ0v) is 18.2. The summed E-state index contributed by atoms with van der Waals surface area (Å²) in [4.78, 5) is 2.35. The molecular formula is C21H31F3N2O3S. The van der Waals surface area contributed by atoms with Crippen LogP contribution in [0.15, 0.2) is 29.2 Å². The lowest BCUT2D eigenvalue weighted by Crippen LogP contribution is -2.40. The van der Waals surface area contributed by atoms with Gasteiger partial charge in [0.05, 0.1) is 16.6 Å². The highest BCUT2D eigenvalue weighted by Crippen LogP contribution is 2.32. The fourth-order valence-electron chi connectivity index (χ4n) is 4.30. The van der Waals surface area contributed by atoms with Crippen molar-refractivity contribution < 1.29 is 26.3 Å². The standard InChI is InChI=1S/C21H31F3N2O3S/c1-25(30(27,28)20-11-5-17(6-12-20)21(22,23)24)18-7-9-19(10-8-18)29-16-4-15-26-13-2-3-14-26/h5-6,11-12,18-19H,2-4,7-10,13-16H2,1H3/t18-,19-. The number of benzene rings is 1. The van der Waals surface area contributed by atoms with Crippen LogP contribution in [0, 0.1) is 0 Å². The fraction of sp³-hybridized carbons (Fsp3) is 0.714. The molecule has 0 aromatic heterocycles. The van der Waals surface area contributed by atoms with Crippen LogP contribution < -0.4 is 0 Å². The third-order valence-corrected chi connectivity index (χ3v) is 8.11. The van der Waals surface area contributed by atoms with Crippen LogP contribution in [0.4, 0.5) is 13.2 Å². The van der Waals surface area contributed by atoms with Gasteiger partial charge in [-0.05, 0) is 82.3 Å². The molecule has 9 heteroatoms. The predicted molar refractivity (Wildman–Crippen MR) is 109 cm³/mol. The van der Waals surface area contributed by atoms with Crippen molar-refractivity contribution in [3.8, 4) is 0 Å². The Balaban J connectivity index is 1.46. The molecule has 1 saturated carbocycles. The first-order chi connectivity index (χ1) is 14.2. The van der Waals surface area contributed by atoms with Gasteiger partial charge in [-0.3, -0.25) is 0 Å². The van der Waals surface area contributed by atoms with Crippen LogP contribution in [-0.2, 0) is 20.9 Å². The Labute approximate surface area is 177 Å². The van der Waals surface area contributed by atoms with Crippen LogP contribution >= 0.6 is 0 Å². The zero-order valence-electron chi connectivity index (χ0n) is 17.4. The first kappa shape index (κ1) is 23.5. The highest BCUT2D eigenvalue weighted by atomic mass is 32.2. The number of alkyl halides is 3. The molecular weight excluding hydrogens is 417 g/mol. The second-order valence-corrected chi connectivity index (χ2v) is 10.2. The lowest BCUT2D eigenvalue weighted by molar-refractivity contribution is -0.137. The summed E-state index contributed by atoms with van der Waals surface area (Å²) in [6.45, 7) is 4.17. The molecule has 0 unspecified atom stereocenters. The van der Waals surface area contributed by atoms with E-state index in [9.17, 15) is 21.6 Å². The van der Waals surface area contributed by atoms with E-state index in [1.54, 1.807) is 0 Å². The first-order valence-corrected chi connectivity index (χ1v) is 12.1. The fourth-order valence-corrected chi connectivity index (χ4v) is 5.71. The topological polar surface area (TPSA) is 49.9 Å². The maximum atomic E-state index is 12.8. The van der Waals surface area contributed by atoms with Gasteiger partial charge in [-0.1, -0.05) is 0 Å². The van der Waals surface area contributed by atoms with Crippen molar-refractivity contribution in [3.63, 3.8) is 0 Å². The Morgan fingerprint density at radius 2 is 1.67 bits per heavy atom. The largest absolute Gasteiger partial charge is 0.416 e. The van der Waals surface area contributed by atoms with E-state index in [1.165, 1.54) is 37.3 Å². The summed E-state index contributed by atoms with van der Waals surface area (Å²) in [5.74, 6) is 0. The molecule has 0 amide bonds. The third kappa shape index (κ3) is 5.96. The second kappa shape index (κ2) is 9.97. The molecule has 1 aromatic carbocycles. The van der Waals surface area contributed by atoms with Gasteiger partial charge in [0.15, 0.2) is 0 Å². The van der Waals surface area contributed by atoms with Gasteiger partial charge < -0.3 is 9.64 Å². The van der Waals surface area contributed by atoms with E-state index in [2.05, 4.69) is 4.90 Å². The number of nitrogens with zero attached hydrogens (tertiary/aromatic N) is 2. The average Bonchev–Trinajstić information content (AvgIpc) is 3.24. The Kier molecular flexibility index (Phi) is 7.81. The van der Waals surface area contributed by atoms with E-state index in [-0.39, 0.29) is 17.0 Å². The van der Waals surface area contributed by atoms with Gasteiger partial charge in [-0.15, -0.1) is 0 Å². The molecule has 0 radical (unpaired) electrons. The van der Waals surface area contributed by atoms with Crippen LogP contribution in [0.5, 0.6) is 0 Å². The van der Waals surface area contributed by atoms with Gasteiger partial charge in [0.25, 0.3) is 0 Å². The minimum absolute atomic E-state index is 0.113. The number of hydrogen-bond acceptors (Lipinski definition) is 4. The first-order valence-electron chi connectivity index (χ1n) is 10.7. The van der Waals surface area contributed by atoms with Crippen LogP contribution in [-0.4, -0.2) is 63.1 Å². The molecule has 1 aromatic rings. The van der Waals surface area contributed by atoms with Crippen LogP contribution in [0.25, 0.3) is 0 Å². The number of likely N-dealkylation sites (tertiary alicyclic amines) is 1. The third-order valence-electron chi connectivity index (χ3n) is 6.19. The SMILES string of the molecule is CN([C@H]1CC[C@H](OCCCN2CCCC2)CC1)S(=O)(=O)c1ccc(C(F)(F)F)cc1. The Morgan fingerprint density at radius 1 is 1.07 bits per heavy atom. The van der Waals surface area contributed by atoms with Crippen molar-refractivity contribution in [2.24, 2.45) is 0 Å². The summed E-state index contributed by atoms with van der Waals surface area (Å²) < 4.78 is 71.1. The van der Waals surface area contributed by atoms with Gasteiger partial charge in [0.1, 0.15) is 0 Å². The minimum atomic E-state index is -4.49. The van der Waals surface area contributed by atoms with Gasteiger partial charge in [0, 0.05) is 26.2 Å². The number of sulfonamides is 1. The quantitative estimate of drug-likeness (QED) is 0.561. The smallest absolute Gasteiger partial charge is 0.378 e. The van der Waals surface area contributed by atoms with Crippen LogP contribution in [0.3, 0.4) is 0 Å². The summed E-state index contributed by atoms with van der Waals surface area (Å²) >= 11 is 0. The molecule has 5 nitrogen and oxygen atoms in total. The molecule has 1 heterocycles. The van der Waals surface area contributed by atoms with Crippen molar-refractivity contribution in [2.45, 2.75) is 68.2 Å². The minimum Gasteiger partial charge on any atom is -0.378 e. The van der Waals surface area contributed by atoms with E-state index >= 15 is 0 Å². The molecule has 1 saturated heterocycles. The van der Waals surface area contributed by atoms with Crippen molar-refractivity contribution in [1.82, 2.24) is 9.21 Å². The summed E-state index contributed by atoms with van der Waals surface area (Å²) in [5.41, 5.74) is -0.855. The molecule has 0 bridgehead atoms. The van der Waals surface area contributed by atoms with E-state index in [0.29, 0.717) is 12.8 Å². The van der Waals surface area contributed by atoms with Crippen LogP contribution in [0.2, 0.25) is 0 Å². The van der Waals surface area contributed by atoms with Crippen molar-refractivity contribution >= 4 is 10.0 Å². The van der Waals surface area contributed by atoms with Gasteiger partial charge in [-0.25, -0.2) is 8.42 Å². The molecule has 2 fully saturated rings. The number of halogens is 3. The molecule has 1 aliphatic carbocycles. The summed E-state index contributed by atoms with van der Waals surface area (Å²) in [6.07, 6.45) is 2.22. The molecule has 30 heavy (non-hydrogen) atoms. The molecule has 2 aliphatic rings. The van der Waals surface area contributed by atoms with E-state index in [4.69, 9.17) is 4.74 Å². The van der Waals surface area contributed by atoms with Gasteiger partial charge >= 0.3 is 6.18 Å². The summed E-state index contributed by atoms with van der Waals surface area (Å²) in [7, 11) is -2.32. The monoisotopic (exact) mass is 448 g/mol. The molecule has 0 atom stereocenters. The van der Waals surface area contributed by atoms with Crippen molar-refractivity contribution in [2.75, 3.05) is 33.3 Å².